The number of hydrogen-bond donors (Lipinski definition) is 1. The minimum atomic E-state index is -2.37. The van der Waals surface area contributed by atoms with E-state index in [1.807, 2.05) is 48.5 Å². The molecule has 27 heavy (non-hydrogen) atoms. The molecule has 0 amide bonds. The number of aliphatic carboxylic acids is 1. The smallest absolute Gasteiger partial charge is 0.311 e. The van der Waals surface area contributed by atoms with Crippen molar-refractivity contribution in [2.45, 2.75) is 25.7 Å². The van der Waals surface area contributed by atoms with Crippen LogP contribution in [0.1, 0.15) is 36.0 Å². The maximum absolute atomic E-state index is 10.7. The summed E-state index contributed by atoms with van der Waals surface area (Å²) in [6.45, 7) is 0.235. The maximum Gasteiger partial charge on any atom is 0.311 e. The second-order valence-corrected chi connectivity index (χ2v) is 7.54. The van der Waals surface area contributed by atoms with Gasteiger partial charge in [0.25, 0.3) is 0 Å². The van der Waals surface area contributed by atoms with Gasteiger partial charge in [-0.25, -0.2) is 0 Å². The third-order valence-electron chi connectivity index (χ3n) is 3.94. The molecule has 0 bridgehead atoms. The lowest BCUT2D eigenvalue weighted by atomic mass is 9.95. The number of allylic oxidation sites excluding steroid dienone is 1. The minimum absolute atomic E-state index is 0.145. The molecule has 0 unspecified atom stereocenters. The van der Waals surface area contributed by atoms with Crippen LogP contribution in [0.5, 0.6) is 0 Å². The molecule has 0 aliphatic rings. The van der Waals surface area contributed by atoms with Crippen molar-refractivity contribution >= 4 is 38.0 Å². The molecule has 0 saturated carbocycles. The monoisotopic (exact) mass is 449 g/mol. The second-order valence-electron chi connectivity index (χ2n) is 5.93. The molecular formula is C20H20BrNO4S. The van der Waals surface area contributed by atoms with E-state index in [9.17, 15) is 13.2 Å². The fourth-order valence-corrected chi connectivity index (χ4v) is 3.30. The fourth-order valence-electron chi connectivity index (χ4n) is 2.66. The molecule has 1 N–H and O–H groups in total. The van der Waals surface area contributed by atoms with Crippen molar-refractivity contribution in [2.75, 3.05) is 6.54 Å². The van der Waals surface area contributed by atoms with Crippen LogP contribution in [0.4, 0.5) is 0 Å². The summed E-state index contributed by atoms with van der Waals surface area (Å²) in [4.78, 5) is 10.7. The second kappa shape index (κ2) is 10.8. The van der Waals surface area contributed by atoms with Crippen LogP contribution in [0.25, 0.3) is 5.57 Å². The highest BCUT2D eigenvalue weighted by Crippen LogP contribution is 2.27. The van der Waals surface area contributed by atoms with Crippen molar-refractivity contribution in [3.05, 3.63) is 75.8 Å². The Morgan fingerprint density at radius 1 is 1.11 bits per heavy atom. The zero-order chi connectivity index (χ0) is 19.6. The molecule has 0 aliphatic carbocycles. The van der Waals surface area contributed by atoms with Crippen LogP contribution in [0.3, 0.4) is 0 Å². The van der Waals surface area contributed by atoms with Crippen LogP contribution in [-0.4, -0.2) is 26.0 Å². The minimum Gasteiger partial charge on any atom is -0.481 e. The third-order valence-corrected chi connectivity index (χ3v) is 4.83. The number of carboxylic acids is 1. The van der Waals surface area contributed by atoms with E-state index in [4.69, 9.17) is 5.11 Å². The molecule has 0 aliphatic heterocycles. The van der Waals surface area contributed by atoms with E-state index in [2.05, 4.69) is 26.4 Å². The summed E-state index contributed by atoms with van der Waals surface area (Å²) in [6.07, 6.45) is 4.02. The van der Waals surface area contributed by atoms with Gasteiger partial charge < -0.3 is 5.11 Å². The standard InChI is InChI=1S/C20H20BrNO4S/c21-18-5-3-4-17(14-18)19(6-1-2-7-20(23)24)16-10-8-15(9-11-16)12-13-22-27(25)26/h3-6,8-11,14H,1-2,7,12-13H2,(H,23,24). The number of nitrogens with zero attached hydrogens (tertiary/aromatic N) is 1. The van der Waals surface area contributed by atoms with Crippen molar-refractivity contribution in [1.29, 1.82) is 0 Å². The molecule has 0 aromatic heterocycles. The topological polar surface area (TPSA) is 83.8 Å². The van der Waals surface area contributed by atoms with E-state index in [0.717, 1.165) is 26.7 Å². The average molecular weight is 450 g/mol. The summed E-state index contributed by atoms with van der Waals surface area (Å²) in [5.74, 6) is -0.791. The van der Waals surface area contributed by atoms with E-state index in [1.165, 1.54) is 0 Å². The van der Waals surface area contributed by atoms with Gasteiger partial charge >= 0.3 is 16.5 Å². The Hall–Kier alpha value is -2.25. The number of halogens is 1. The Kier molecular flexibility index (Phi) is 8.42. The van der Waals surface area contributed by atoms with Crippen molar-refractivity contribution in [1.82, 2.24) is 0 Å². The van der Waals surface area contributed by atoms with Crippen molar-refractivity contribution < 1.29 is 18.3 Å². The molecule has 0 atom stereocenters. The highest BCUT2D eigenvalue weighted by molar-refractivity contribution is 9.10. The molecule has 0 fully saturated rings. The first kappa shape index (κ1) is 21.1. The van der Waals surface area contributed by atoms with Gasteiger partial charge in [-0.3, -0.25) is 4.79 Å². The van der Waals surface area contributed by atoms with Gasteiger partial charge in [-0.1, -0.05) is 58.4 Å². The Morgan fingerprint density at radius 3 is 2.48 bits per heavy atom. The van der Waals surface area contributed by atoms with Crippen molar-refractivity contribution in [2.24, 2.45) is 4.36 Å². The number of benzene rings is 2. The normalized spacial score (nSPS) is 11.2. The molecule has 0 radical (unpaired) electrons. The van der Waals surface area contributed by atoms with E-state index in [0.29, 0.717) is 19.3 Å². The number of unbranched alkanes of at least 4 members (excludes halogenated alkanes) is 1. The molecular weight excluding hydrogens is 430 g/mol. The number of rotatable bonds is 9. The average Bonchev–Trinajstić information content (AvgIpc) is 2.62. The quantitative estimate of drug-likeness (QED) is 0.560. The lowest BCUT2D eigenvalue weighted by Gasteiger charge is -2.10. The number of carbonyl (C=O) groups is 1. The zero-order valence-corrected chi connectivity index (χ0v) is 17.0. The number of carboxylic acid groups (broad SMARTS) is 1. The van der Waals surface area contributed by atoms with Gasteiger partial charge in [0.2, 0.25) is 0 Å². The van der Waals surface area contributed by atoms with Crippen molar-refractivity contribution in [3.8, 4) is 0 Å². The summed E-state index contributed by atoms with van der Waals surface area (Å²) in [5, 5.41) is 8.81. The van der Waals surface area contributed by atoms with Gasteiger partial charge in [0, 0.05) is 10.9 Å². The molecule has 2 aromatic rings. The van der Waals surface area contributed by atoms with Crippen LogP contribution in [0.2, 0.25) is 0 Å². The van der Waals surface area contributed by atoms with E-state index in [-0.39, 0.29) is 13.0 Å². The van der Waals surface area contributed by atoms with Crippen LogP contribution >= 0.6 is 15.9 Å². The van der Waals surface area contributed by atoms with Gasteiger partial charge in [-0.15, -0.1) is 0 Å². The van der Waals surface area contributed by atoms with Crippen molar-refractivity contribution in [3.63, 3.8) is 0 Å². The number of hydrogen-bond acceptors (Lipinski definition) is 4. The molecule has 0 spiro atoms. The van der Waals surface area contributed by atoms with Crippen LogP contribution in [-0.2, 0) is 21.7 Å². The summed E-state index contributed by atoms with van der Waals surface area (Å²) in [6, 6.07) is 15.9. The highest BCUT2D eigenvalue weighted by atomic mass is 79.9. The molecule has 2 aromatic carbocycles. The molecule has 5 nitrogen and oxygen atoms in total. The third kappa shape index (κ3) is 7.48. The SMILES string of the molecule is O=C(O)CCCC=C(c1ccc(CCN=S(=O)=O)cc1)c1cccc(Br)c1. The predicted molar refractivity (Wildman–Crippen MR) is 109 cm³/mol. The summed E-state index contributed by atoms with van der Waals surface area (Å²) in [7, 11) is -2.37. The van der Waals surface area contributed by atoms with Crippen LogP contribution in [0.15, 0.2) is 63.4 Å². The Bertz CT molecular complexity index is 942. The lowest BCUT2D eigenvalue weighted by molar-refractivity contribution is -0.137. The Morgan fingerprint density at radius 2 is 1.85 bits per heavy atom. The summed E-state index contributed by atoms with van der Waals surface area (Å²) < 4.78 is 25.4. The maximum atomic E-state index is 10.7. The van der Waals surface area contributed by atoms with Crippen LogP contribution in [0, 0.1) is 0 Å². The largest absolute Gasteiger partial charge is 0.481 e. The van der Waals surface area contributed by atoms with Crippen LogP contribution < -0.4 is 0 Å². The van der Waals surface area contributed by atoms with E-state index in [1.54, 1.807) is 0 Å². The van der Waals surface area contributed by atoms with Gasteiger partial charge in [-0.05, 0) is 53.7 Å². The molecule has 0 saturated heterocycles. The summed E-state index contributed by atoms with van der Waals surface area (Å²) >= 11 is 3.49. The predicted octanol–water partition coefficient (Wildman–Crippen LogP) is 4.74. The first-order valence-corrected chi connectivity index (χ1v) is 10.3. The van der Waals surface area contributed by atoms with Gasteiger partial charge in [0.1, 0.15) is 0 Å². The van der Waals surface area contributed by atoms with Gasteiger partial charge in [0.05, 0.1) is 6.54 Å². The van der Waals surface area contributed by atoms with Gasteiger partial charge in [0.15, 0.2) is 0 Å². The molecule has 7 heteroatoms. The zero-order valence-electron chi connectivity index (χ0n) is 14.6. The fraction of sp³-hybridized carbons (Fsp3) is 0.250. The Balaban J connectivity index is 2.23. The molecule has 142 valence electrons. The first-order chi connectivity index (χ1) is 13.0. The molecule has 0 heterocycles. The van der Waals surface area contributed by atoms with E-state index < -0.39 is 16.5 Å². The van der Waals surface area contributed by atoms with E-state index >= 15 is 0 Å². The lowest BCUT2D eigenvalue weighted by Crippen LogP contribution is -1.94. The molecule has 2 rings (SSSR count). The Labute approximate surface area is 168 Å². The summed E-state index contributed by atoms with van der Waals surface area (Å²) in [5.41, 5.74) is 4.12. The first-order valence-electron chi connectivity index (χ1n) is 8.50. The highest BCUT2D eigenvalue weighted by Gasteiger charge is 2.06. The van der Waals surface area contributed by atoms with Gasteiger partial charge in [-0.2, -0.15) is 12.8 Å².